The Bertz CT molecular complexity index is 327. The van der Waals surface area contributed by atoms with Gasteiger partial charge in [0.1, 0.15) is 5.60 Å². The summed E-state index contributed by atoms with van der Waals surface area (Å²) in [5.74, 6) is 0.566. The molecule has 0 saturated heterocycles. The summed E-state index contributed by atoms with van der Waals surface area (Å²) in [5, 5.41) is 0. The number of nitrogens with two attached hydrogens (primary N) is 1. The molecule has 0 aromatic carbocycles. The van der Waals surface area contributed by atoms with Crippen molar-refractivity contribution >= 4 is 5.95 Å². The van der Waals surface area contributed by atoms with Crippen molar-refractivity contribution in [2.75, 3.05) is 5.73 Å². The Kier molecular flexibility index (Phi) is 1.28. The van der Waals surface area contributed by atoms with Crippen molar-refractivity contribution in [3.8, 4) is 0 Å². The summed E-state index contributed by atoms with van der Waals surface area (Å²) in [4.78, 5) is 4.20. The summed E-state index contributed by atoms with van der Waals surface area (Å²) in [6.45, 7) is 4.63. The first-order valence-corrected chi connectivity index (χ1v) is 3.98. The van der Waals surface area contributed by atoms with Crippen LogP contribution in [0.5, 0.6) is 0 Å². The highest BCUT2D eigenvalue weighted by Crippen LogP contribution is 2.35. The molecule has 0 fully saturated rings. The molecule has 0 bridgehead atoms. The highest BCUT2D eigenvalue weighted by Gasteiger charge is 2.35. The Morgan fingerprint density at radius 3 is 2.83 bits per heavy atom. The van der Waals surface area contributed by atoms with Crippen molar-refractivity contribution in [1.29, 1.82) is 0 Å². The van der Waals surface area contributed by atoms with Gasteiger partial charge in [0.25, 0.3) is 0 Å². The number of hydrogen-bond donors (Lipinski definition) is 1. The van der Waals surface area contributed by atoms with E-state index in [0.717, 1.165) is 11.4 Å². The van der Waals surface area contributed by atoms with Crippen molar-refractivity contribution < 1.29 is 4.74 Å². The minimum absolute atomic E-state index is 0.241. The third-order valence-electron chi connectivity index (χ3n) is 2.34. The van der Waals surface area contributed by atoms with E-state index in [9.17, 15) is 0 Å². The van der Waals surface area contributed by atoms with Crippen molar-refractivity contribution in [3.05, 3.63) is 11.4 Å². The molecule has 66 valence electrons. The number of aromatic nitrogens is 2. The second kappa shape index (κ2) is 2.01. The highest BCUT2D eigenvalue weighted by atomic mass is 16.5. The van der Waals surface area contributed by atoms with Gasteiger partial charge in [0, 0.05) is 7.05 Å². The molecule has 1 aromatic rings. The minimum Gasteiger partial charge on any atom is -0.369 e. The number of nitrogen functional groups attached to an aromatic ring is 1. The first kappa shape index (κ1) is 7.61. The predicted molar refractivity (Wildman–Crippen MR) is 45.4 cm³/mol. The average molecular weight is 167 g/mol. The van der Waals surface area contributed by atoms with E-state index in [0.29, 0.717) is 12.6 Å². The maximum atomic E-state index is 5.67. The number of rotatable bonds is 0. The van der Waals surface area contributed by atoms with Gasteiger partial charge < -0.3 is 15.0 Å². The average Bonchev–Trinajstić information content (AvgIpc) is 2.39. The molecule has 0 unspecified atom stereocenters. The number of nitrogens with zero attached hydrogens (tertiary/aromatic N) is 2. The van der Waals surface area contributed by atoms with Crippen LogP contribution in [0.25, 0.3) is 0 Å². The summed E-state index contributed by atoms with van der Waals surface area (Å²) in [6, 6.07) is 0. The Morgan fingerprint density at radius 2 is 2.25 bits per heavy atom. The molecular formula is C8H13N3O. The van der Waals surface area contributed by atoms with Gasteiger partial charge in [0.15, 0.2) is 0 Å². The first-order chi connectivity index (χ1) is 5.52. The SMILES string of the molecule is Cn1c(N)nc2c1C(C)(C)OC2. The summed E-state index contributed by atoms with van der Waals surface area (Å²) >= 11 is 0. The molecule has 4 nitrogen and oxygen atoms in total. The lowest BCUT2D eigenvalue weighted by molar-refractivity contribution is -0.0129. The number of imidazole rings is 1. The predicted octanol–water partition coefficient (Wildman–Crippen LogP) is 0.768. The number of ether oxygens (including phenoxy) is 1. The minimum atomic E-state index is -0.241. The molecule has 12 heavy (non-hydrogen) atoms. The lowest BCUT2D eigenvalue weighted by Gasteiger charge is -2.19. The van der Waals surface area contributed by atoms with Crippen LogP contribution in [0.4, 0.5) is 5.95 Å². The van der Waals surface area contributed by atoms with Gasteiger partial charge in [-0.2, -0.15) is 0 Å². The van der Waals surface area contributed by atoms with Gasteiger partial charge in [0.05, 0.1) is 18.0 Å². The molecule has 0 radical (unpaired) electrons. The van der Waals surface area contributed by atoms with Gasteiger partial charge >= 0.3 is 0 Å². The molecule has 1 aliphatic heterocycles. The fourth-order valence-electron chi connectivity index (χ4n) is 1.74. The Hall–Kier alpha value is -1.03. The first-order valence-electron chi connectivity index (χ1n) is 3.98. The third kappa shape index (κ3) is 0.783. The maximum absolute atomic E-state index is 5.67. The molecule has 0 aliphatic carbocycles. The molecule has 1 aliphatic rings. The van der Waals surface area contributed by atoms with E-state index in [4.69, 9.17) is 10.5 Å². The van der Waals surface area contributed by atoms with Gasteiger partial charge in [-0.1, -0.05) is 0 Å². The second-order valence-corrected chi connectivity index (χ2v) is 3.62. The smallest absolute Gasteiger partial charge is 0.200 e. The summed E-state index contributed by atoms with van der Waals surface area (Å²) < 4.78 is 7.44. The number of fused-ring (bicyclic) bond motifs is 1. The molecule has 2 N–H and O–H groups in total. The van der Waals surface area contributed by atoms with Crippen LogP contribution in [-0.4, -0.2) is 9.55 Å². The maximum Gasteiger partial charge on any atom is 0.200 e. The van der Waals surface area contributed by atoms with Gasteiger partial charge in [0.2, 0.25) is 5.95 Å². The lowest BCUT2D eigenvalue weighted by atomic mass is 10.1. The van der Waals surface area contributed by atoms with Crippen LogP contribution in [0.3, 0.4) is 0 Å². The molecular weight excluding hydrogens is 154 g/mol. The van der Waals surface area contributed by atoms with Crippen molar-refractivity contribution in [2.24, 2.45) is 7.05 Å². The highest BCUT2D eigenvalue weighted by molar-refractivity contribution is 5.34. The Morgan fingerprint density at radius 1 is 1.58 bits per heavy atom. The van der Waals surface area contributed by atoms with Crippen LogP contribution in [0.15, 0.2) is 0 Å². The second-order valence-electron chi connectivity index (χ2n) is 3.62. The van der Waals surface area contributed by atoms with Gasteiger partial charge in [-0.25, -0.2) is 4.98 Å². The van der Waals surface area contributed by atoms with Crippen molar-refractivity contribution in [1.82, 2.24) is 9.55 Å². The van der Waals surface area contributed by atoms with Crippen LogP contribution in [0.2, 0.25) is 0 Å². The van der Waals surface area contributed by atoms with Gasteiger partial charge in [-0.3, -0.25) is 0 Å². The molecule has 1 aromatic heterocycles. The summed E-state index contributed by atoms with van der Waals surface area (Å²) in [7, 11) is 1.91. The molecule has 0 atom stereocenters. The van der Waals surface area contributed by atoms with Gasteiger partial charge in [-0.05, 0) is 13.8 Å². The van der Waals surface area contributed by atoms with E-state index in [1.807, 2.05) is 25.5 Å². The van der Waals surface area contributed by atoms with Crippen LogP contribution in [-0.2, 0) is 24.0 Å². The van der Waals surface area contributed by atoms with E-state index in [-0.39, 0.29) is 5.60 Å². The van der Waals surface area contributed by atoms with E-state index in [1.54, 1.807) is 0 Å². The standard InChI is InChI=1S/C8H13N3O/c1-8(2)6-5(4-12-8)10-7(9)11(6)3/h4H2,1-3H3,(H2,9,10). The Balaban J connectivity index is 2.63. The normalized spacial score (nSPS) is 19.6. The lowest BCUT2D eigenvalue weighted by Crippen LogP contribution is -2.19. The zero-order chi connectivity index (χ0) is 8.93. The summed E-state index contributed by atoms with van der Waals surface area (Å²) in [5.41, 5.74) is 7.50. The van der Waals surface area contributed by atoms with Crippen LogP contribution in [0, 0.1) is 0 Å². The van der Waals surface area contributed by atoms with Crippen LogP contribution < -0.4 is 5.73 Å². The number of hydrogen-bond acceptors (Lipinski definition) is 3. The van der Waals surface area contributed by atoms with E-state index >= 15 is 0 Å². The zero-order valence-electron chi connectivity index (χ0n) is 7.59. The van der Waals surface area contributed by atoms with E-state index in [1.165, 1.54) is 0 Å². The monoisotopic (exact) mass is 167 g/mol. The van der Waals surface area contributed by atoms with E-state index < -0.39 is 0 Å². The van der Waals surface area contributed by atoms with Crippen molar-refractivity contribution in [3.63, 3.8) is 0 Å². The number of anilines is 1. The van der Waals surface area contributed by atoms with Crippen molar-refractivity contribution in [2.45, 2.75) is 26.1 Å². The molecule has 0 spiro atoms. The molecule has 4 heteroatoms. The topological polar surface area (TPSA) is 53.1 Å². The van der Waals surface area contributed by atoms with Crippen LogP contribution in [0.1, 0.15) is 25.2 Å². The summed E-state index contributed by atoms with van der Waals surface area (Å²) in [6.07, 6.45) is 0. The van der Waals surface area contributed by atoms with Crippen LogP contribution >= 0.6 is 0 Å². The molecule has 0 saturated carbocycles. The van der Waals surface area contributed by atoms with E-state index in [2.05, 4.69) is 4.98 Å². The molecule has 2 rings (SSSR count). The molecule has 2 heterocycles. The van der Waals surface area contributed by atoms with Gasteiger partial charge in [-0.15, -0.1) is 0 Å². The quantitative estimate of drug-likeness (QED) is 0.621. The fourth-order valence-corrected chi connectivity index (χ4v) is 1.74. The zero-order valence-corrected chi connectivity index (χ0v) is 7.59. The molecule has 0 amide bonds. The Labute approximate surface area is 71.3 Å². The fraction of sp³-hybridized carbons (Fsp3) is 0.625. The largest absolute Gasteiger partial charge is 0.369 e. The third-order valence-corrected chi connectivity index (χ3v) is 2.34.